The first-order valence-corrected chi connectivity index (χ1v) is 7.20. The van der Waals surface area contributed by atoms with Crippen LogP contribution in [0, 0.1) is 19.8 Å². The number of pyridine rings is 1. The fourth-order valence-electron chi connectivity index (χ4n) is 2.92. The number of anilines is 1. The SMILES string of the molecule is CNC(=O)C1CCN(c2nc(C)cc(C)c2CN)CC1. The Bertz CT molecular complexity index is 493. The van der Waals surface area contributed by atoms with E-state index in [2.05, 4.69) is 28.2 Å². The number of amides is 1. The van der Waals surface area contributed by atoms with E-state index in [0.717, 1.165) is 43.0 Å². The van der Waals surface area contributed by atoms with Crippen molar-refractivity contribution in [3.05, 3.63) is 22.9 Å². The number of carbonyl (C=O) groups excluding carboxylic acids is 1. The summed E-state index contributed by atoms with van der Waals surface area (Å²) in [4.78, 5) is 18.6. The predicted octanol–water partition coefficient (Wildman–Crippen LogP) is 1.12. The van der Waals surface area contributed by atoms with E-state index in [1.807, 2.05) is 6.92 Å². The highest BCUT2D eigenvalue weighted by Crippen LogP contribution is 2.27. The smallest absolute Gasteiger partial charge is 0.222 e. The summed E-state index contributed by atoms with van der Waals surface area (Å²) in [5.41, 5.74) is 9.21. The minimum Gasteiger partial charge on any atom is -0.359 e. The van der Waals surface area contributed by atoms with Crippen LogP contribution in [0.3, 0.4) is 0 Å². The summed E-state index contributed by atoms with van der Waals surface area (Å²) in [6.45, 7) is 6.32. The zero-order valence-electron chi connectivity index (χ0n) is 12.6. The molecule has 0 radical (unpaired) electrons. The summed E-state index contributed by atoms with van der Waals surface area (Å²) in [7, 11) is 1.70. The lowest BCUT2D eigenvalue weighted by atomic mass is 9.95. The van der Waals surface area contributed by atoms with Crippen LogP contribution in [0.1, 0.15) is 29.7 Å². The van der Waals surface area contributed by atoms with E-state index in [1.54, 1.807) is 7.05 Å². The molecule has 0 unspecified atom stereocenters. The summed E-state index contributed by atoms with van der Waals surface area (Å²) < 4.78 is 0. The normalized spacial score (nSPS) is 16.3. The van der Waals surface area contributed by atoms with Gasteiger partial charge in [0.2, 0.25) is 5.91 Å². The monoisotopic (exact) mass is 276 g/mol. The number of carbonyl (C=O) groups is 1. The van der Waals surface area contributed by atoms with Gasteiger partial charge in [-0.1, -0.05) is 0 Å². The molecule has 1 amide bonds. The first-order valence-electron chi connectivity index (χ1n) is 7.20. The van der Waals surface area contributed by atoms with Crippen molar-refractivity contribution in [3.8, 4) is 0 Å². The molecule has 0 saturated carbocycles. The number of nitrogens with two attached hydrogens (primary N) is 1. The first kappa shape index (κ1) is 14.8. The molecule has 0 atom stereocenters. The highest BCUT2D eigenvalue weighted by Gasteiger charge is 2.26. The maximum Gasteiger partial charge on any atom is 0.222 e. The van der Waals surface area contributed by atoms with Crippen molar-refractivity contribution in [2.24, 2.45) is 11.7 Å². The molecule has 2 rings (SSSR count). The van der Waals surface area contributed by atoms with Crippen LogP contribution in [-0.4, -0.2) is 31.0 Å². The fourth-order valence-corrected chi connectivity index (χ4v) is 2.92. The van der Waals surface area contributed by atoms with Crippen molar-refractivity contribution >= 4 is 11.7 Å². The summed E-state index contributed by atoms with van der Waals surface area (Å²) >= 11 is 0. The maximum absolute atomic E-state index is 11.7. The van der Waals surface area contributed by atoms with Gasteiger partial charge in [-0.25, -0.2) is 4.98 Å². The molecule has 110 valence electrons. The van der Waals surface area contributed by atoms with Crippen molar-refractivity contribution in [1.29, 1.82) is 0 Å². The lowest BCUT2D eigenvalue weighted by Gasteiger charge is -2.33. The van der Waals surface area contributed by atoms with Gasteiger partial charge in [0.1, 0.15) is 5.82 Å². The summed E-state index contributed by atoms with van der Waals surface area (Å²) in [5.74, 6) is 1.28. The molecule has 0 aliphatic carbocycles. The standard InChI is InChI=1S/C15H24N4O/c1-10-8-11(2)18-14(13(10)9-16)19-6-4-12(5-7-19)15(20)17-3/h8,12H,4-7,9,16H2,1-3H3,(H,17,20). The molecule has 0 bridgehead atoms. The second-order valence-electron chi connectivity index (χ2n) is 5.46. The Balaban J connectivity index is 2.16. The van der Waals surface area contributed by atoms with E-state index in [-0.39, 0.29) is 11.8 Å². The molecule has 20 heavy (non-hydrogen) atoms. The predicted molar refractivity (Wildman–Crippen MR) is 80.6 cm³/mol. The minimum atomic E-state index is 0.128. The molecular formula is C15H24N4O. The van der Waals surface area contributed by atoms with Crippen LogP contribution >= 0.6 is 0 Å². The van der Waals surface area contributed by atoms with Gasteiger partial charge in [-0.2, -0.15) is 0 Å². The molecule has 1 aliphatic rings. The average molecular weight is 276 g/mol. The third kappa shape index (κ3) is 2.93. The fraction of sp³-hybridized carbons (Fsp3) is 0.600. The Morgan fingerprint density at radius 1 is 1.45 bits per heavy atom. The van der Waals surface area contributed by atoms with Crippen LogP contribution in [0.2, 0.25) is 0 Å². The van der Waals surface area contributed by atoms with Crippen molar-refractivity contribution < 1.29 is 4.79 Å². The zero-order chi connectivity index (χ0) is 14.7. The Labute approximate surface area is 120 Å². The topological polar surface area (TPSA) is 71.2 Å². The summed E-state index contributed by atoms with van der Waals surface area (Å²) in [5, 5.41) is 2.74. The minimum absolute atomic E-state index is 0.128. The molecule has 1 aromatic rings. The van der Waals surface area contributed by atoms with Gasteiger partial charge in [0.05, 0.1) is 0 Å². The van der Waals surface area contributed by atoms with Crippen LogP contribution in [0.5, 0.6) is 0 Å². The van der Waals surface area contributed by atoms with E-state index >= 15 is 0 Å². The highest BCUT2D eigenvalue weighted by atomic mass is 16.1. The molecule has 1 aromatic heterocycles. The van der Waals surface area contributed by atoms with Crippen LogP contribution in [-0.2, 0) is 11.3 Å². The average Bonchev–Trinajstić information content (AvgIpc) is 2.46. The Kier molecular flexibility index (Phi) is 4.60. The van der Waals surface area contributed by atoms with Crippen molar-refractivity contribution in [3.63, 3.8) is 0 Å². The molecule has 5 nitrogen and oxygen atoms in total. The molecule has 2 heterocycles. The van der Waals surface area contributed by atoms with E-state index in [0.29, 0.717) is 6.54 Å². The maximum atomic E-state index is 11.7. The number of rotatable bonds is 3. The third-order valence-corrected chi connectivity index (χ3v) is 4.07. The molecule has 1 saturated heterocycles. The zero-order valence-corrected chi connectivity index (χ0v) is 12.6. The van der Waals surface area contributed by atoms with Crippen LogP contribution in [0.15, 0.2) is 6.07 Å². The number of nitrogens with one attached hydrogen (secondary N) is 1. The molecule has 3 N–H and O–H groups in total. The van der Waals surface area contributed by atoms with E-state index < -0.39 is 0 Å². The van der Waals surface area contributed by atoms with Crippen molar-refractivity contribution in [2.75, 3.05) is 25.0 Å². The largest absolute Gasteiger partial charge is 0.359 e. The number of hydrogen-bond donors (Lipinski definition) is 2. The lowest BCUT2D eigenvalue weighted by Crippen LogP contribution is -2.40. The van der Waals surface area contributed by atoms with E-state index in [1.165, 1.54) is 5.56 Å². The van der Waals surface area contributed by atoms with Gasteiger partial charge in [0, 0.05) is 43.9 Å². The third-order valence-electron chi connectivity index (χ3n) is 4.07. The molecule has 1 fully saturated rings. The van der Waals surface area contributed by atoms with Crippen LogP contribution in [0.25, 0.3) is 0 Å². The molecule has 1 aliphatic heterocycles. The lowest BCUT2D eigenvalue weighted by molar-refractivity contribution is -0.125. The van der Waals surface area contributed by atoms with Gasteiger partial charge < -0.3 is 16.0 Å². The second kappa shape index (κ2) is 6.22. The first-order chi connectivity index (χ1) is 9.56. The number of aromatic nitrogens is 1. The van der Waals surface area contributed by atoms with Gasteiger partial charge >= 0.3 is 0 Å². The number of piperidine rings is 1. The van der Waals surface area contributed by atoms with E-state index in [4.69, 9.17) is 5.73 Å². The molecule has 0 aromatic carbocycles. The second-order valence-corrected chi connectivity index (χ2v) is 5.46. The van der Waals surface area contributed by atoms with Crippen molar-refractivity contribution in [1.82, 2.24) is 10.3 Å². The summed E-state index contributed by atoms with van der Waals surface area (Å²) in [6.07, 6.45) is 1.75. The van der Waals surface area contributed by atoms with Crippen LogP contribution in [0.4, 0.5) is 5.82 Å². The van der Waals surface area contributed by atoms with Crippen molar-refractivity contribution in [2.45, 2.75) is 33.2 Å². The Morgan fingerprint density at radius 2 is 2.10 bits per heavy atom. The van der Waals surface area contributed by atoms with Gasteiger partial charge in [-0.3, -0.25) is 4.79 Å². The molecule has 5 heteroatoms. The molecule has 0 spiro atoms. The van der Waals surface area contributed by atoms with Gasteiger partial charge in [-0.05, 0) is 38.3 Å². The Morgan fingerprint density at radius 3 is 2.65 bits per heavy atom. The summed E-state index contributed by atoms with van der Waals surface area (Å²) in [6, 6.07) is 2.07. The number of nitrogens with zero attached hydrogens (tertiary/aromatic N) is 2. The van der Waals surface area contributed by atoms with Gasteiger partial charge in [0.25, 0.3) is 0 Å². The number of hydrogen-bond acceptors (Lipinski definition) is 4. The van der Waals surface area contributed by atoms with Crippen LogP contribution < -0.4 is 16.0 Å². The van der Waals surface area contributed by atoms with E-state index in [9.17, 15) is 4.79 Å². The molecular weight excluding hydrogens is 252 g/mol. The Hall–Kier alpha value is -1.62. The quantitative estimate of drug-likeness (QED) is 0.868. The highest BCUT2D eigenvalue weighted by molar-refractivity contribution is 5.78. The van der Waals surface area contributed by atoms with Gasteiger partial charge in [0.15, 0.2) is 0 Å². The number of aryl methyl sites for hydroxylation is 2. The van der Waals surface area contributed by atoms with Gasteiger partial charge in [-0.15, -0.1) is 0 Å².